The maximum Gasteiger partial charge on any atom is 0.0967 e. The third kappa shape index (κ3) is 6.73. The van der Waals surface area contributed by atoms with E-state index in [9.17, 15) is 10.2 Å². The number of ether oxygens (including phenoxy) is 1. The van der Waals surface area contributed by atoms with E-state index in [1.807, 2.05) is 6.20 Å². The zero-order valence-electron chi connectivity index (χ0n) is 17.0. The number of fused-ring (bicyclic) bond motifs is 1. The van der Waals surface area contributed by atoms with Crippen molar-refractivity contribution in [2.75, 3.05) is 33.0 Å². The fourth-order valence-electron chi connectivity index (χ4n) is 3.63. The van der Waals surface area contributed by atoms with Gasteiger partial charge < -0.3 is 14.9 Å². The van der Waals surface area contributed by atoms with E-state index in [0.29, 0.717) is 12.6 Å². The second-order valence-corrected chi connectivity index (χ2v) is 9.50. The Morgan fingerprint density at radius 1 is 1.31 bits per heavy atom. The minimum Gasteiger partial charge on any atom is -0.396 e. The van der Waals surface area contributed by atoms with Gasteiger partial charge in [-0.05, 0) is 44.2 Å². The SMILES string of the molecule is C[C@H]1CCc2sc(Cl)cc2CCOCCCN1Cc1cn(CC(CO)CO)nn1. The van der Waals surface area contributed by atoms with Gasteiger partial charge in [0.05, 0.1) is 16.6 Å². The Labute approximate surface area is 181 Å². The Morgan fingerprint density at radius 3 is 2.93 bits per heavy atom. The van der Waals surface area contributed by atoms with Gasteiger partial charge in [-0.2, -0.15) is 0 Å². The van der Waals surface area contributed by atoms with Crippen molar-refractivity contribution in [2.45, 2.75) is 51.7 Å². The van der Waals surface area contributed by atoms with Crippen LogP contribution in [0.1, 0.15) is 35.9 Å². The van der Waals surface area contributed by atoms with E-state index in [1.54, 1.807) is 16.0 Å². The first-order valence-electron chi connectivity index (χ1n) is 10.3. The first kappa shape index (κ1) is 22.7. The van der Waals surface area contributed by atoms with Gasteiger partial charge in [0.1, 0.15) is 0 Å². The van der Waals surface area contributed by atoms with Crippen LogP contribution >= 0.6 is 22.9 Å². The zero-order valence-corrected chi connectivity index (χ0v) is 18.5. The smallest absolute Gasteiger partial charge is 0.0967 e. The molecule has 0 saturated carbocycles. The number of hydrogen-bond donors (Lipinski definition) is 2. The molecule has 0 fully saturated rings. The van der Waals surface area contributed by atoms with E-state index in [4.69, 9.17) is 16.3 Å². The second-order valence-electron chi connectivity index (χ2n) is 7.74. The molecule has 2 N–H and O–H groups in total. The van der Waals surface area contributed by atoms with Crippen molar-refractivity contribution >= 4 is 22.9 Å². The highest BCUT2D eigenvalue weighted by atomic mass is 35.5. The van der Waals surface area contributed by atoms with E-state index in [2.05, 4.69) is 28.2 Å². The Hall–Kier alpha value is -1.03. The Morgan fingerprint density at radius 2 is 2.14 bits per heavy atom. The van der Waals surface area contributed by atoms with Gasteiger partial charge in [-0.15, -0.1) is 16.4 Å². The molecule has 3 rings (SSSR count). The zero-order chi connectivity index (χ0) is 20.6. The molecule has 0 bridgehead atoms. The van der Waals surface area contributed by atoms with Crippen molar-refractivity contribution in [3.63, 3.8) is 0 Å². The summed E-state index contributed by atoms with van der Waals surface area (Å²) in [6.45, 7) is 5.75. The molecule has 1 aliphatic rings. The van der Waals surface area contributed by atoms with Crippen molar-refractivity contribution in [3.05, 3.63) is 32.7 Å². The van der Waals surface area contributed by atoms with Crippen LogP contribution in [0.25, 0.3) is 0 Å². The maximum absolute atomic E-state index is 9.26. The molecular formula is C20H31ClN4O3S. The monoisotopic (exact) mass is 442 g/mol. The lowest BCUT2D eigenvalue weighted by Crippen LogP contribution is -2.34. The van der Waals surface area contributed by atoms with E-state index >= 15 is 0 Å². The molecule has 0 spiro atoms. The second kappa shape index (κ2) is 11.4. The van der Waals surface area contributed by atoms with Crippen molar-refractivity contribution in [2.24, 2.45) is 5.92 Å². The fraction of sp³-hybridized carbons (Fsp3) is 0.700. The van der Waals surface area contributed by atoms with Gasteiger partial charge in [-0.3, -0.25) is 9.58 Å². The van der Waals surface area contributed by atoms with Crippen molar-refractivity contribution in [3.8, 4) is 0 Å². The van der Waals surface area contributed by atoms with Gasteiger partial charge >= 0.3 is 0 Å². The molecule has 1 atom stereocenters. The lowest BCUT2D eigenvalue weighted by molar-refractivity contribution is 0.110. The number of aliphatic hydroxyl groups excluding tert-OH is 2. The van der Waals surface area contributed by atoms with Crippen LogP contribution in [0.4, 0.5) is 0 Å². The summed E-state index contributed by atoms with van der Waals surface area (Å²) in [4.78, 5) is 3.81. The quantitative estimate of drug-likeness (QED) is 0.714. The van der Waals surface area contributed by atoms with E-state index in [-0.39, 0.29) is 19.1 Å². The number of aliphatic hydroxyl groups is 2. The molecule has 29 heavy (non-hydrogen) atoms. The molecule has 0 radical (unpaired) electrons. The molecule has 7 nitrogen and oxygen atoms in total. The summed E-state index contributed by atoms with van der Waals surface area (Å²) >= 11 is 7.94. The van der Waals surface area contributed by atoms with Gasteiger partial charge in [0, 0.05) is 62.5 Å². The summed E-state index contributed by atoms with van der Waals surface area (Å²) in [6, 6.07) is 2.49. The number of rotatable bonds is 6. The van der Waals surface area contributed by atoms with E-state index < -0.39 is 0 Å². The third-order valence-corrected chi connectivity index (χ3v) is 6.81. The van der Waals surface area contributed by atoms with Crippen LogP contribution in [-0.4, -0.2) is 69.1 Å². The van der Waals surface area contributed by atoms with Crippen LogP contribution in [-0.2, 0) is 30.7 Å². The van der Waals surface area contributed by atoms with Crippen molar-refractivity contribution in [1.82, 2.24) is 19.9 Å². The number of thiophene rings is 1. The van der Waals surface area contributed by atoms with Crippen LogP contribution in [0.15, 0.2) is 12.3 Å². The summed E-state index contributed by atoms with van der Waals surface area (Å²) < 4.78 is 8.40. The molecule has 2 aromatic rings. The first-order chi connectivity index (χ1) is 14.1. The minimum atomic E-state index is -0.214. The topological polar surface area (TPSA) is 83.6 Å². The average Bonchev–Trinajstić information content (AvgIpc) is 3.30. The highest BCUT2D eigenvalue weighted by Crippen LogP contribution is 2.29. The van der Waals surface area contributed by atoms with Gasteiger partial charge in [-0.1, -0.05) is 16.8 Å². The van der Waals surface area contributed by atoms with Gasteiger partial charge in [0.25, 0.3) is 0 Å². The number of aryl methyl sites for hydroxylation is 1. The molecule has 162 valence electrons. The average molecular weight is 443 g/mol. The summed E-state index contributed by atoms with van der Waals surface area (Å²) in [6.07, 6.45) is 5.91. The summed E-state index contributed by atoms with van der Waals surface area (Å²) in [7, 11) is 0. The van der Waals surface area contributed by atoms with E-state index in [1.165, 1.54) is 10.4 Å². The minimum absolute atomic E-state index is 0.0659. The molecule has 0 unspecified atom stereocenters. The van der Waals surface area contributed by atoms with Gasteiger partial charge in [-0.25, -0.2) is 0 Å². The predicted molar refractivity (Wildman–Crippen MR) is 114 cm³/mol. The van der Waals surface area contributed by atoms with Crippen LogP contribution in [0.2, 0.25) is 4.34 Å². The Kier molecular flexibility index (Phi) is 8.89. The Bertz CT molecular complexity index is 750. The molecule has 3 heterocycles. The lowest BCUT2D eigenvalue weighted by Gasteiger charge is -2.28. The Balaban J connectivity index is 1.64. The van der Waals surface area contributed by atoms with Crippen LogP contribution in [0.5, 0.6) is 0 Å². The molecule has 0 aromatic carbocycles. The third-order valence-electron chi connectivity index (χ3n) is 5.44. The van der Waals surface area contributed by atoms with Crippen molar-refractivity contribution < 1.29 is 14.9 Å². The van der Waals surface area contributed by atoms with E-state index in [0.717, 1.165) is 62.0 Å². The van der Waals surface area contributed by atoms with Gasteiger partial charge in [0.2, 0.25) is 0 Å². The lowest BCUT2D eigenvalue weighted by atomic mass is 10.1. The molecule has 0 aliphatic carbocycles. The number of aromatic nitrogens is 3. The standard InChI is InChI=1S/C20H31ClN4O3S/c1-15-3-4-19-17(9-20(21)29-19)5-8-28-7-2-6-24(15)11-18-12-25(23-22-18)10-16(13-26)14-27/h9,12,15-16,26-27H,2-8,10-11,13-14H2,1H3/t15-/m0/s1. The first-order valence-corrected chi connectivity index (χ1v) is 11.5. The molecule has 9 heteroatoms. The molecular weight excluding hydrogens is 412 g/mol. The number of halogens is 1. The van der Waals surface area contributed by atoms with Crippen LogP contribution < -0.4 is 0 Å². The van der Waals surface area contributed by atoms with Crippen molar-refractivity contribution in [1.29, 1.82) is 0 Å². The molecule has 1 aliphatic heterocycles. The van der Waals surface area contributed by atoms with Crippen LogP contribution in [0.3, 0.4) is 0 Å². The summed E-state index contributed by atoms with van der Waals surface area (Å²) in [5, 5.41) is 27.0. The maximum atomic E-state index is 9.26. The molecule has 0 saturated heterocycles. The molecule has 2 aromatic heterocycles. The molecule has 0 amide bonds. The normalized spacial score (nSPS) is 19.7. The predicted octanol–water partition coefficient (Wildman–Crippen LogP) is 2.38. The highest BCUT2D eigenvalue weighted by molar-refractivity contribution is 7.16. The summed E-state index contributed by atoms with van der Waals surface area (Å²) in [5.41, 5.74) is 2.23. The van der Waals surface area contributed by atoms with Gasteiger partial charge in [0.15, 0.2) is 0 Å². The number of hydrogen-bond acceptors (Lipinski definition) is 7. The largest absolute Gasteiger partial charge is 0.396 e. The van der Waals surface area contributed by atoms with Crippen LogP contribution in [0, 0.1) is 5.92 Å². The summed E-state index contributed by atoms with van der Waals surface area (Å²) in [5.74, 6) is -0.214. The highest BCUT2D eigenvalue weighted by Gasteiger charge is 2.19. The fourth-order valence-corrected chi connectivity index (χ4v) is 4.99. The number of nitrogens with zero attached hydrogens (tertiary/aromatic N) is 4.